The van der Waals surface area contributed by atoms with Gasteiger partial charge in [0, 0.05) is 11.6 Å². The molecular weight excluding hydrogens is 591 g/mol. The number of esters is 1. The fourth-order valence-electron chi connectivity index (χ4n) is 6.42. The number of nitrogen functional groups attached to an aromatic ring is 1. The van der Waals surface area contributed by atoms with E-state index in [0.717, 1.165) is 37.1 Å². The van der Waals surface area contributed by atoms with E-state index < -0.39 is 35.3 Å². The van der Waals surface area contributed by atoms with Crippen molar-refractivity contribution in [1.82, 2.24) is 24.6 Å². The van der Waals surface area contributed by atoms with Crippen LogP contribution in [0.1, 0.15) is 52.4 Å². The minimum atomic E-state index is -2.21. The van der Waals surface area contributed by atoms with E-state index >= 15 is 0 Å². The molecule has 0 fully saturated rings. The second-order valence-electron chi connectivity index (χ2n) is 11.8. The van der Waals surface area contributed by atoms with Crippen molar-refractivity contribution in [2.45, 2.75) is 37.3 Å². The third-order valence-corrected chi connectivity index (χ3v) is 8.53. The Hall–Kier alpha value is -5.36. The van der Waals surface area contributed by atoms with Crippen LogP contribution >= 0.6 is 0 Å². The summed E-state index contributed by atoms with van der Waals surface area (Å²) >= 11 is 0. The number of aromatic nitrogens is 4. The molecule has 0 saturated carbocycles. The molecule has 0 bridgehead atoms. The molecule has 3 aromatic carbocycles. The maximum Gasteiger partial charge on any atom is 0.351 e. The summed E-state index contributed by atoms with van der Waals surface area (Å²) in [6.07, 6.45) is 2.87. The summed E-state index contributed by atoms with van der Waals surface area (Å²) in [6.45, 7) is 2.47. The minimum absolute atomic E-state index is 0.0135. The molecule has 12 heteroatoms. The molecular formula is C34H33FN6O5. The summed E-state index contributed by atoms with van der Waals surface area (Å²) in [5.41, 5.74) is 6.92. The molecule has 6 rings (SSSR count). The Morgan fingerprint density at radius 2 is 1.91 bits per heavy atom. The quantitative estimate of drug-likeness (QED) is 0.195. The van der Waals surface area contributed by atoms with E-state index in [9.17, 15) is 24.2 Å². The van der Waals surface area contributed by atoms with E-state index in [1.165, 1.54) is 17.1 Å². The topological polar surface area (TPSA) is 157 Å². The van der Waals surface area contributed by atoms with Crippen LogP contribution in [-0.2, 0) is 16.0 Å². The number of nitrogens with two attached hydrogens (primary N) is 1. The van der Waals surface area contributed by atoms with Crippen LogP contribution in [0.4, 0.5) is 10.2 Å². The van der Waals surface area contributed by atoms with Crippen LogP contribution in [-0.4, -0.2) is 73.0 Å². The van der Waals surface area contributed by atoms with Gasteiger partial charge in [-0.05, 0) is 75.3 Å². The number of aryl methyl sites for hydroxylation is 1. The highest BCUT2D eigenvalue weighted by Gasteiger charge is 2.60. The van der Waals surface area contributed by atoms with Gasteiger partial charge < -0.3 is 25.6 Å². The molecule has 11 nitrogen and oxygen atoms in total. The molecule has 5 aromatic rings. The van der Waals surface area contributed by atoms with E-state index in [0.29, 0.717) is 11.1 Å². The third kappa shape index (κ3) is 5.20. The number of rotatable bonds is 9. The highest BCUT2D eigenvalue weighted by molar-refractivity contribution is 6.00. The summed E-state index contributed by atoms with van der Waals surface area (Å²) in [6, 6.07) is 16.7. The van der Waals surface area contributed by atoms with E-state index in [1.807, 2.05) is 38.4 Å². The number of hydrogen-bond donors (Lipinski definition) is 3. The second-order valence-corrected chi connectivity index (χ2v) is 11.8. The number of ether oxygens (including phenoxy) is 1. The predicted octanol–water partition coefficient (Wildman–Crippen LogP) is 4.80. The van der Waals surface area contributed by atoms with Gasteiger partial charge in [-0.25, -0.2) is 28.6 Å². The maximum absolute atomic E-state index is 14.4. The Labute approximate surface area is 264 Å². The highest BCUT2D eigenvalue weighted by Crippen LogP contribution is 2.50. The van der Waals surface area contributed by atoms with Crippen molar-refractivity contribution in [2.24, 2.45) is 0 Å². The van der Waals surface area contributed by atoms with Crippen molar-refractivity contribution in [3.63, 3.8) is 0 Å². The van der Waals surface area contributed by atoms with E-state index in [4.69, 9.17) is 10.5 Å². The van der Waals surface area contributed by atoms with Crippen LogP contribution in [0.3, 0.4) is 0 Å². The normalized spacial score (nSPS) is 18.4. The summed E-state index contributed by atoms with van der Waals surface area (Å²) in [7, 11) is 4.01. The first-order valence-electron chi connectivity index (χ1n) is 14.8. The number of phenolic OH excluding ortho intramolecular Hbond substituents is 1. The number of aromatic hydroxyl groups is 1. The second kappa shape index (κ2) is 11.9. The number of carboxylic acids is 1. The lowest BCUT2D eigenvalue weighted by molar-refractivity contribution is -0.167. The van der Waals surface area contributed by atoms with Gasteiger partial charge in [0.1, 0.15) is 35.4 Å². The Morgan fingerprint density at radius 3 is 2.65 bits per heavy atom. The van der Waals surface area contributed by atoms with Crippen molar-refractivity contribution in [1.29, 1.82) is 0 Å². The minimum Gasteiger partial charge on any atom is -0.508 e. The summed E-state index contributed by atoms with van der Waals surface area (Å²) in [5, 5.41) is 26.2. The number of fused-ring (bicyclic) bond motifs is 2. The molecule has 46 heavy (non-hydrogen) atoms. The van der Waals surface area contributed by atoms with Gasteiger partial charge in [-0.1, -0.05) is 42.5 Å². The zero-order valence-corrected chi connectivity index (χ0v) is 25.5. The standard InChI is InChI=1S/C34H33FN6O5/c1-19(41-31-27(30(36)37-18-38-31)29(39-41)22-15-23(35)17-24(42)16-22)34(33(44)45)28(25-11-4-5-12-26(25)32(43)46-34)21-10-6-8-20(14-21)9-7-13-40(2)3/h4-6,8,10-12,14-19,28,42H,7,9,13H2,1-3H3,(H,44,45)(H2,36,37,38). The van der Waals surface area contributed by atoms with Gasteiger partial charge in [-0.15, -0.1) is 0 Å². The average Bonchev–Trinajstić information content (AvgIpc) is 3.41. The molecule has 236 valence electrons. The van der Waals surface area contributed by atoms with E-state index in [1.54, 1.807) is 31.2 Å². The Balaban J connectivity index is 1.57. The predicted molar refractivity (Wildman–Crippen MR) is 169 cm³/mol. The molecule has 3 atom stereocenters. The Kier molecular flexibility index (Phi) is 7.90. The van der Waals surface area contributed by atoms with Gasteiger partial charge in [0.2, 0.25) is 5.60 Å². The number of hydrogen-bond acceptors (Lipinski definition) is 9. The van der Waals surface area contributed by atoms with Crippen LogP contribution < -0.4 is 5.73 Å². The number of phenols is 1. The van der Waals surface area contributed by atoms with E-state index in [-0.39, 0.29) is 39.4 Å². The highest BCUT2D eigenvalue weighted by atomic mass is 19.1. The van der Waals surface area contributed by atoms with Gasteiger partial charge in [0.05, 0.1) is 16.9 Å². The number of anilines is 1. The van der Waals surface area contributed by atoms with Crippen LogP contribution in [0.15, 0.2) is 73.1 Å². The number of cyclic esters (lactones) is 1. The van der Waals surface area contributed by atoms with Crippen LogP contribution in [0, 0.1) is 5.82 Å². The van der Waals surface area contributed by atoms with Crippen molar-refractivity contribution in [3.8, 4) is 17.0 Å². The SMILES string of the molecule is CC(n1nc(-c2cc(O)cc(F)c2)c2c(N)ncnc21)C1(C(=O)O)OC(=O)c2ccccc2C1c1cccc(CCCN(C)C)c1. The monoisotopic (exact) mass is 624 g/mol. The molecule has 3 unspecified atom stereocenters. The Bertz CT molecular complexity index is 1960. The van der Waals surface area contributed by atoms with Crippen LogP contribution in [0.25, 0.3) is 22.3 Å². The molecule has 0 spiro atoms. The zero-order valence-electron chi connectivity index (χ0n) is 25.5. The number of aliphatic carboxylic acids is 1. The lowest BCUT2D eigenvalue weighted by atomic mass is 9.70. The van der Waals surface area contributed by atoms with Gasteiger partial charge in [-0.2, -0.15) is 5.10 Å². The van der Waals surface area contributed by atoms with Gasteiger partial charge in [0.15, 0.2) is 5.65 Å². The summed E-state index contributed by atoms with van der Waals surface area (Å²) < 4.78 is 21.8. The fourth-order valence-corrected chi connectivity index (χ4v) is 6.42. The third-order valence-electron chi connectivity index (χ3n) is 8.53. The number of carbonyl (C=O) groups is 2. The number of halogens is 1. The lowest BCUT2D eigenvalue weighted by Gasteiger charge is -2.44. The first kappa shape index (κ1) is 30.7. The number of carbonyl (C=O) groups excluding carboxylic acids is 1. The van der Waals surface area contributed by atoms with Gasteiger partial charge in [0.25, 0.3) is 0 Å². The molecule has 0 aliphatic carbocycles. The summed E-state index contributed by atoms with van der Waals surface area (Å²) in [4.78, 5) is 37.8. The first-order valence-corrected chi connectivity index (χ1v) is 14.8. The summed E-state index contributed by atoms with van der Waals surface area (Å²) in [5.74, 6) is -4.18. The molecule has 2 aromatic heterocycles. The molecule has 0 radical (unpaired) electrons. The molecule has 0 saturated heterocycles. The molecule has 4 N–H and O–H groups in total. The Morgan fingerprint density at radius 1 is 1.13 bits per heavy atom. The van der Waals surface area contributed by atoms with Crippen molar-refractivity contribution < 1.29 is 28.9 Å². The smallest absolute Gasteiger partial charge is 0.351 e. The van der Waals surface area contributed by atoms with Gasteiger partial charge in [-0.3, -0.25) is 0 Å². The maximum atomic E-state index is 14.4. The number of nitrogens with zero attached hydrogens (tertiary/aromatic N) is 5. The fraction of sp³-hybridized carbons (Fsp3) is 0.265. The van der Waals surface area contributed by atoms with Crippen LogP contribution in [0.2, 0.25) is 0 Å². The van der Waals surface area contributed by atoms with Crippen molar-refractivity contribution >= 4 is 28.8 Å². The number of benzene rings is 3. The van der Waals surface area contributed by atoms with E-state index in [2.05, 4.69) is 20.0 Å². The van der Waals surface area contributed by atoms with Crippen LogP contribution in [0.5, 0.6) is 5.75 Å². The molecule has 0 amide bonds. The lowest BCUT2D eigenvalue weighted by Crippen LogP contribution is -2.57. The molecule has 3 heterocycles. The largest absolute Gasteiger partial charge is 0.508 e. The number of carboxylic acid groups (broad SMARTS) is 1. The van der Waals surface area contributed by atoms with Crippen molar-refractivity contribution in [3.05, 3.63) is 101 Å². The first-order chi connectivity index (χ1) is 22.0. The zero-order chi connectivity index (χ0) is 32.7. The molecule has 1 aliphatic heterocycles. The molecule has 1 aliphatic rings. The van der Waals surface area contributed by atoms with Crippen molar-refractivity contribution in [2.75, 3.05) is 26.4 Å². The van der Waals surface area contributed by atoms with Gasteiger partial charge >= 0.3 is 11.9 Å². The average molecular weight is 625 g/mol.